The number of rotatable bonds is 2. The zero-order chi connectivity index (χ0) is 24.1. The van der Waals surface area contributed by atoms with Crippen molar-refractivity contribution in [2.24, 2.45) is 0 Å². The Morgan fingerprint density at radius 1 is 0.844 bits per heavy atom. The van der Waals surface area contributed by atoms with Crippen molar-refractivity contribution >= 4 is 43.0 Å². The summed E-state index contributed by atoms with van der Waals surface area (Å²) in [7, 11) is -2.93. The average Bonchev–Trinajstić information content (AvgIpc) is 2.79. The molecule has 8 heteroatoms. The molecular weight excluding hydrogens is 428 g/mol. The standard InChI is InChI=1S/C11H11NO4S.C11H11NO.C2H6/c1-16-9-6-10(17(13,14)15)7-4-2-3-5-8(7)11(9)12;1-7-6-8-4-2-3-5-9(8)10(12)11(7)13;1-2/h2-6H,12H2,1H3,(H,13,14,15);2-6,13H,12H2,1H3;1-2H3. The summed E-state index contributed by atoms with van der Waals surface area (Å²) in [5, 5.41) is 12.4. The number of phenolic OH excluding ortho intramolecular Hbond substituents is 1. The fraction of sp³-hybridized carbons (Fsp3) is 0.167. The van der Waals surface area contributed by atoms with Gasteiger partial charge in [0.1, 0.15) is 16.4 Å². The molecule has 0 heterocycles. The van der Waals surface area contributed by atoms with Crippen molar-refractivity contribution in [2.45, 2.75) is 25.7 Å². The molecule has 0 saturated heterocycles. The Morgan fingerprint density at radius 3 is 1.94 bits per heavy atom. The van der Waals surface area contributed by atoms with Crippen LogP contribution in [0.4, 0.5) is 11.4 Å². The first kappa shape index (κ1) is 24.8. The van der Waals surface area contributed by atoms with E-state index in [1.54, 1.807) is 24.3 Å². The summed E-state index contributed by atoms with van der Waals surface area (Å²) in [6, 6.07) is 17.5. The first-order chi connectivity index (χ1) is 15.1. The van der Waals surface area contributed by atoms with Crippen LogP contribution in [0, 0.1) is 6.92 Å². The largest absolute Gasteiger partial charge is 0.505 e. The maximum Gasteiger partial charge on any atom is 0.295 e. The SMILES string of the molecule is CC.COc1cc(S(=O)(=O)O)c2ccccc2c1N.Cc1cc2ccccc2c(N)c1O. The number of anilines is 2. The molecule has 32 heavy (non-hydrogen) atoms. The first-order valence-electron chi connectivity index (χ1n) is 9.94. The second-order valence-corrected chi connectivity index (χ2v) is 8.08. The van der Waals surface area contributed by atoms with Gasteiger partial charge >= 0.3 is 0 Å². The van der Waals surface area contributed by atoms with Gasteiger partial charge in [0.05, 0.1) is 18.5 Å². The molecule has 4 aromatic rings. The predicted octanol–water partition coefficient (Wildman–Crippen LogP) is 5.14. The molecule has 0 radical (unpaired) electrons. The molecule has 0 fully saturated rings. The van der Waals surface area contributed by atoms with Gasteiger partial charge in [-0.25, -0.2) is 0 Å². The van der Waals surface area contributed by atoms with Crippen LogP contribution >= 0.6 is 0 Å². The Labute approximate surface area is 188 Å². The van der Waals surface area contributed by atoms with Gasteiger partial charge in [-0.2, -0.15) is 8.42 Å². The second-order valence-electron chi connectivity index (χ2n) is 6.69. The fourth-order valence-electron chi connectivity index (χ4n) is 3.23. The van der Waals surface area contributed by atoms with Gasteiger partial charge in [-0.1, -0.05) is 62.4 Å². The molecule has 0 aliphatic rings. The van der Waals surface area contributed by atoms with Crippen molar-refractivity contribution in [1.82, 2.24) is 0 Å². The van der Waals surface area contributed by atoms with E-state index in [2.05, 4.69) is 0 Å². The first-order valence-corrected chi connectivity index (χ1v) is 11.4. The topological polar surface area (TPSA) is 136 Å². The van der Waals surface area contributed by atoms with Gasteiger partial charge < -0.3 is 21.3 Å². The second kappa shape index (κ2) is 10.2. The highest BCUT2D eigenvalue weighted by Gasteiger charge is 2.18. The summed E-state index contributed by atoms with van der Waals surface area (Å²) >= 11 is 0. The normalized spacial score (nSPS) is 10.7. The molecule has 0 aliphatic heterocycles. The van der Waals surface area contributed by atoms with Gasteiger partial charge in [-0.05, 0) is 23.9 Å². The van der Waals surface area contributed by atoms with Crippen LogP contribution in [0.2, 0.25) is 0 Å². The number of phenols is 1. The third-order valence-electron chi connectivity index (χ3n) is 4.76. The van der Waals surface area contributed by atoms with Gasteiger partial charge in [-0.3, -0.25) is 4.55 Å². The number of fused-ring (bicyclic) bond motifs is 2. The lowest BCUT2D eigenvalue weighted by Gasteiger charge is -2.11. The molecule has 0 aliphatic carbocycles. The van der Waals surface area contributed by atoms with Gasteiger partial charge in [0.2, 0.25) is 0 Å². The van der Waals surface area contributed by atoms with Crippen LogP contribution in [-0.2, 0) is 10.1 Å². The number of hydrogen-bond acceptors (Lipinski definition) is 6. The highest BCUT2D eigenvalue weighted by Crippen LogP contribution is 2.35. The fourth-order valence-corrected chi connectivity index (χ4v) is 3.94. The number of benzene rings is 4. The van der Waals surface area contributed by atoms with Crippen molar-refractivity contribution in [2.75, 3.05) is 18.6 Å². The number of nitrogens with two attached hydrogens (primary N) is 2. The van der Waals surface area contributed by atoms with Crippen LogP contribution in [0.25, 0.3) is 21.5 Å². The maximum absolute atomic E-state index is 11.3. The molecule has 0 bridgehead atoms. The van der Waals surface area contributed by atoms with Crippen LogP contribution in [-0.4, -0.2) is 25.2 Å². The van der Waals surface area contributed by atoms with E-state index in [0.29, 0.717) is 22.1 Å². The van der Waals surface area contributed by atoms with Crippen molar-refractivity contribution in [3.05, 3.63) is 66.2 Å². The predicted molar refractivity (Wildman–Crippen MR) is 131 cm³/mol. The van der Waals surface area contributed by atoms with E-state index in [1.165, 1.54) is 13.2 Å². The van der Waals surface area contributed by atoms with E-state index in [1.807, 2.05) is 51.1 Å². The van der Waals surface area contributed by atoms with Crippen LogP contribution in [0.5, 0.6) is 11.5 Å². The number of methoxy groups -OCH3 is 1. The molecule has 0 saturated carbocycles. The van der Waals surface area contributed by atoms with E-state index in [0.717, 1.165) is 16.3 Å². The quantitative estimate of drug-likeness (QED) is 0.186. The molecular formula is C24H28N2O5S. The Morgan fingerprint density at radius 2 is 1.38 bits per heavy atom. The number of hydrogen-bond donors (Lipinski definition) is 4. The summed E-state index contributed by atoms with van der Waals surface area (Å²) in [6.07, 6.45) is 0. The summed E-state index contributed by atoms with van der Waals surface area (Å²) in [4.78, 5) is -0.209. The lowest BCUT2D eigenvalue weighted by molar-refractivity contribution is 0.415. The molecule has 170 valence electrons. The molecule has 0 amide bonds. The summed E-state index contributed by atoms with van der Waals surface area (Å²) in [5.41, 5.74) is 13.2. The van der Waals surface area contributed by atoms with Crippen LogP contribution in [0.3, 0.4) is 0 Å². The average molecular weight is 457 g/mol. The maximum atomic E-state index is 11.3. The smallest absolute Gasteiger partial charge is 0.295 e. The minimum Gasteiger partial charge on any atom is -0.505 e. The molecule has 0 spiro atoms. The minimum absolute atomic E-state index is 0.193. The zero-order valence-corrected chi connectivity index (χ0v) is 19.3. The molecule has 4 rings (SSSR count). The van der Waals surface area contributed by atoms with E-state index in [9.17, 15) is 18.1 Å². The summed E-state index contributed by atoms with van der Waals surface area (Å²) < 4.78 is 36.7. The Balaban J connectivity index is 0.000000217. The van der Waals surface area contributed by atoms with Crippen LogP contribution in [0.15, 0.2) is 65.6 Å². The highest BCUT2D eigenvalue weighted by molar-refractivity contribution is 7.86. The number of ether oxygens (including phenoxy) is 1. The third-order valence-corrected chi connectivity index (χ3v) is 5.65. The molecule has 7 nitrogen and oxygen atoms in total. The summed E-state index contributed by atoms with van der Waals surface area (Å²) in [5.74, 6) is 0.412. The molecule has 4 aromatic carbocycles. The lowest BCUT2D eigenvalue weighted by Crippen LogP contribution is -2.02. The molecule has 0 unspecified atom stereocenters. The third kappa shape index (κ3) is 5.04. The van der Waals surface area contributed by atoms with Crippen LogP contribution in [0.1, 0.15) is 19.4 Å². The number of aryl methyl sites for hydroxylation is 1. The van der Waals surface area contributed by atoms with Crippen molar-refractivity contribution in [1.29, 1.82) is 0 Å². The van der Waals surface area contributed by atoms with Gasteiger partial charge in [0, 0.05) is 22.2 Å². The van der Waals surface area contributed by atoms with E-state index in [4.69, 9.17) is 16.2 Å². The highest BCUT2D eigenvalue weighted by atomic mass is 32.2. The van der Waals surface area contributed by atoms with Gasteiger partial charge in [-0.15, -0.1) is 0 Å². The van der Waals surface area contributed by atoms with Crippen molar-refractivity contribution in [3.8, 4) is 11.5 Å². The lowest BCUT2D eigenvalue weighted by atomic mass is 10.0. The Bertz CT molecular complexity index is 1350. The zero-order valence-electron chi connectivity index (χ0n) is 18.5. The minimum atomic E-state index is -4.31. The summed E-state index contributed by atoms with van der Waals surface area (Å²) in [6.45, 7) is 5.85. The van der Waals surface area contributed by atoms with Gasteiger partial charge in [0.15, 0.2) is 0 Å². The van der Waals surface area contributed by atoms with Crippen molar-refractivity contribution < 1.29 is 22.8 Å². The molecule has 0 atom stereocenters. The van der Waals surface area contributed by atoms with Gasteiger partial charge in [0.25, 0.3) is 10.1 Å². The Kier molecular flexibility index (Phi) is 7.91. The van der Waals surface area contributed by atoms with E-state index >= 15 is 0 Å². The Hall–Kier alpha value is -3.49. The molecule has 0 aromatic heterocycles. The van der Waals surface area contributed by atoms with Crippen molar-refractivity contribution in [3.63, 3.8) is 0 Å². The van der Waals surface area contributed by atoms with E-state index < -0.39 is 10.1 Å². The monoisotopic (exact) mass is 456 g/mol. The number of aromatic hydroxyl groups is 1. The number of nitrogen functional groups attached to an aromatic ring is 2. The molecule has 6 N–H and O–H groups in total. The van der Waals surface area contributed by atoms with E-state index in [-0.39, 0.29) is 16.4 Å². The van der Waals surface area contributed by atoms with Crippen LogP contribution < -0.4 is 16.2 Å².